The number of pyridine rings is 1. The molecule has 0 saturated heterocycles. The normalized spacial score (nSPS) is 22.4. The molecule has 0 aliphatic heterocycles. The number of aromatic nitrogens is 1. The zero-order chi connectivity index (χ0) is 11.8. The summed E-state index contributed by atoms with van der Waals surface area (Å²) in [6, 6.07) is 11.5. The Balaban J connectivity index is 1.89. The highest BCUT2D eigenvalue weighted by atomic mass is 16.3. The molecular weight excluding hydrogens is 212 g/mol. The topological polar surface area (TPSA) is 59.1 Å². The Morgan fingerprint density at radius 2 is 2.00 bits per heavy atom. The zero-order valence-electron chi connectivity index (χ0n) is 9.38. The van der Waals surface area contributed by atoms with Crippen LogP contribution in [-0.2, 0) is 0 Å². The van der Waals surface area contributed by atoms with Crippen LogP contribution in [0.4, 0.5) is 0 Å². The number of phenols is 1. The fourth-order valence-electron chi connectivity index (χ4n) is 2.04. The van der Waals surface area contributed by atoms with Crippen LogP contribution < -0.4 is 5.73 Å². The monoisotopic (exact) mass is 226 g/mol. The second kappa shape index (κ2) is 3.86. The molecule has 17 heavy (non-hydrogen) atoms. The predicted molar refractivity (Wildman–Crippen MR) is 66.7 cm³/mol. The second-order valence-electron chi connectivity index (χ2n) is 4.53. The molecule has 3 nitrogen and oxygen atoms in total. The van der Waals surface area contributed by atoms with Crippen LogP contribution in [0.25, 0.3) is 11.1 Å². The minimum Gasteiger partial charge on any atom is -0.508 e. The van der Waals surface area contributed by atoms with Gasteiger partial charge in [0.25, 0.3) is 0 Å². The van der Waals surface area contributed by atoms with E-state index in [1.807, 2.05) is 30.5 Å². The molecule has 0 spiro atoms. The molecule has 3 rings (SSSR count). The summed E-state index contributed by atoms with van der Waals surface area (Å²) in [6.45, 7) is 0. The molecule has 1 heterocycles. The number of hydrogen-bond acceptors (Lipinski definition) is 3. The van der Waals surface area contributed by atoms with Crippen LogP contribution in [0.5, 0.6) is 5.75 Å². The molecule has 0 bridgehead atoms. The molecule has 1 fully saturated rings. The minimum atomic E-state index is 0.274. The third-order valence-corrected chi connectivity index (χ3v) is 3.19. The summed E-state index contributed by atoms with van der Waals surface area (Å²) in [4.78, 5) is 4.44. The average Bonchev–Trinajstić information content (AvgIpc) is 3.07. The summed E-state index contributed by atoms with van der Waals surface area (Å²) in [5.74, 6) is 0.712. The van der Waals surface area contributed by atoms with Gasteiger partial charge in [-0.05, 0) is 30.2 Å². The fourth-order valence-corrected chi connectivity index (χ4v) is 2.04. The van der Waals surface area contributed by atoms with Crippen molar-refractivity contribution in [2.24, 2.45) is 5.73 Å². The summed E-state index contributed by atoms with van der Waals surface area (Å²) in [5.41, 5.74) is 8.85. The van der Waals surface area contributed by atoms with E-state index in [9.17, 15) is 5.11 Å². The summed E-state index contributed by atoms with van der Waals surface area (Å²) in [5, 5.41) is 9.42. The summed E-state index contributed by atoms with van der Waals surface area (Å²) >= 11 is 0. The molecule has 1 aliphatic carbocycles. The van der Waals surface area contributed by atoms with E-state index in [1.54, 1.807) is 12.1 Å². The Morgan fingerprint density at radius 3 is 2.59 bits per heavy atom. The smallest absolute Gasteiger partial charge is 0.116 e. The lowest BCUT2D eigenvalue weighted by Gasteiger charge is -2.03. The second-order valence-corrected chi connectivity index (χ2v) is 4.53. The quantitative estimate of drug-likeness (QED) is 0.825. The molecule has 3 N–H and O–H groups in total. The van der Waals surface area contributed by atoms with Crippen molar-refractivity contribution < 1.29 is 5.11 Å². The summed E-state index contributed by atoms with van der Waals surface area (Å²) in [6.07, 6.45) is 2.88. The van der Waals surface area contributed by atoms with Gasteiger partial charge in [-0.15, -0.1) is 0 Å². The molecular formula is C14H14N2O. The summed E-state index contributed by atoms with van der Waals surface area (Å²) in [7, 11) is 0. The van der Waals surface area contributed by atoms with E-state index in [-0.39, 0.29) is 11.8 Å². The number of nitrogens with zero attached hydrogens (tertiary/aromatic N) is 1. The average molecular weight is 226 g/mol. The first-order valence-electron chi connectivity index (χ1n) is 5.75. The van der Waals surface area contributed by atoms with E-state index in [0.717, 1.165) is 23.2 Å². The van der Waals surface area contributed by atoms with Crippen molar-refractivity contribution in [1.29, 1.82) is 0 Å². The van der Waals surface area contributed by atoms with Gasteiger partial charge in [-0.3, -0.25) is 4.98 Å². The predicted octanol–water partition coefficient (Wildman–Crippen LogP) is 2.27. The molecule has 0 radical (unpaired) electrons. The fraction of sp³-hybridized carbons (Fsp3) is 0.214. The molecule has 1 aliphatic rings. The van der Waals surface area contributed by atoms with Crippen molar-refractivity contribution in [3.8, 4) is 16.9 Å². The van der Waals surface area contributed by atoms with Crippen LogP contribution in [0.3, 0.4) is 0 Å². The molecule has 1 saturated carbocycles. The molecule has 1 aromatic heterocycles. The first kappa shape index (κ1) is 10.3. The van der Waals surface area contributed by atoms with E-state index in [2.05, 4.69) is 4.98 Å². The first-order chi connectivity index (χ1) is 8.24. The van der Waals surface area contributed by atoms with Gasteiger partial charge in [-0.2, -0.15) is 0 Å². The van der Waals surface area contributed by atoms with E-state index >= 15 is 0 Å². The summed E-state index contributed by atoms with van der Waals surface area (Å²) < 4.78 is 0. The van der Waals surface area contributed by atoms with E-state index in [4.69, 9.17) is 5.73 Å². The Bertz CT molecular complexity index is 536. The molecule has 1 aromatic carbocycles. The largest absolute Gasteiger partial charge is 0.508 e. The van der Waals surface area contributed by atoms with Gasteiger partial charge in [-0.25, -0.2) is 0 Å². The highest BCUT2D eigenvalue weighted by Gasteiger charge is 2.35. The van der Waals surface area contributed by atoms with Gasteiger partial charge in [0.2, 0.25) is 0 Å². The van der Waals surface area contributed by atoms with Crippen molar-refractivity contribution in [3.05, 3.63) is 48.3 Å². The Labute approximate surface area is 99.9 Å². The number of nitrogens with two attached hydrogens (primary N) is 1. The van der Waals surface area contributed by atoms with Crippen LogP contribution in [0, 0.1) is 0 Å². The highest BCUT2D eigenvalue weighted by molar-refractivity contribution is 5.64. The van der Waals surface area contributed by atoms with Crippen LogP contribution in [0.1, 0.15) is 18.0 Å². The van der Waals surface area contributed by atoms with Crippen molar-refractivity contribution in [2.45, 2.75) is 18.4 Å². The maximum Gasteiger partial charge on any atom is 0.116 e. The van der Waals surface area contributed by atoms with Gasteiger partial charge >= 0.3 is 0 Å². The van der Waals surface area contributed by atoms with E-state index in [0.29, 0.717) is 5.92 Å². The maximum atomic E-state index is 9.42. The lowest BCUT2D eigenvalue weighted by Crippen LogP contribution is -2.01. The molecule has 2 atom stereocenters. The molecule has 0 unspecified atom stereocenters. The highest BCUT2D eigenvalue weighted by Crippen LogP contribution is 2.38. The van der Waals surface area contributed by atoms with Gasteiger partial charge < -0.3 is 10.8 Å². The van der Waals surface area contributed by atoms with Gasteiger partial charge in [0.15, 0.2) is 0 Å². The van der Waals surface area contributed by atoms with Crippen molar-refractivity contribution >= 4 is 0 Å². The third kappa shape index (κ3) is 2.01. The molecule has 86 valence electrons. The molecule has 0 amide bonds. The Kier molecular flexibility index (Phi) is 2.34. The van der Waals surface area contributed by atoms with Crippen molar-refractivity contribution in [2.75, 3.05) is 0 Å². The number of benzene rings is 1. The lowest BCUT2D eigenvalue weighted by molar-refractivity contribution is 0.475. The first-order valence-corrected chi connectivity index (χ1v) is 5.75. The zero-order valence-corrected chi connectivity index (χ0v) is 9.38. The van der Waals surface area contributed by atoms with Crippen molar-refractivity contribution in [1.82, 2.24) is 4.98 Å². The SMILES string of the molecule is N[C@@H]1C[C@@H]1c1ccc(-c2cccc(O)c2)cn1. The van der Waals surface area contributed by atoms with Gasteiger partial charge in [0, 0.05) is 29.4 Å². The van der Waals surface area contributed by atoms with Crippen LogP contribution >= 0.6 is 0 Å². The lowest BCUT2D eigenvalue weighted by atomic mass is 10.1. The van der Waals surface area contributed by atoms with Crippen LogP contribution in [0.2, 0.25) is 0 Å². The maximum absolute atomic E-state index is 9.42. The van der Waals surface area contributed by atoms with E-state index < -0.39 is 0 Å². The Hall–Kier alpha value is -1.87. The van der Waals surface area contributed by atoms with Gasteiger partial charge in [0.1, 0.15) is 5.75 Å². The number of phenolic OH excluding ortho intramolecular Hbond substituents is 1. The van der Waals surface area contributed by atoms with Gasteiger partial charge in [0.05, 0.1) is 0 Å². The van der Waals surface area contributed by atoms with E-state index in [1.165, 1.54) is 0 Å². The van der Waals surface area contributed by atoms with Crippen LogP contribution in [-0.4, -0.2) is 16.1 Å². The third-order valence-electron chi connectivity index (χ3n) is 3.19. The van der Waals surface area contributed by atoms with Crippen molar-refractivity contribution in [3.63, 3.8) is 0 Å². The van der Waals surface area contributed by atoms with Crippen LogP contribution in [0.15, 0.2) is 42.6 Å². The number of aromatic hydroxyl groups is 1. The van der Waals surface area contributed by atoms with Gasteiger partial charge in [-0.1, -0.05) is 18.2 Å². The number of hydrogen-bond donors (Lipinski definition) is 2. The Morgan fingerprint density at radius 1 is 1.18 bits per heavy atom. The number of rotatable bonds is 2. The standard InChI is InChI=1S/C14H14N2O/c15-13-7-12(13)14-5-4-10(8-16-14)9-2-1-3-11(17)6-9/h1-6,8,12-13,17H,7,15H2/t12-,13+/m0/s1. The minimum absolute atomic E-state index is 0.274. The molecule has 2 aromatic rings. The molecule has 3 heteroatoms.